The van der Waals surface area contributed by atoms with Gasteiger partial charge in [-0.25, -0.2) is 8.42 Å². The van der Waals surface area contributed by atoms with E-state index in [9.17, 15) is 8.42 Å². The van der Waals surface area contributed by atoms with Crippen molar-refractivity contribution in [2.45, 2.75) is 11.8 Å². The van der Waals surface area contributed by atoms with Crippen molar-refractivity contribution in [3.05, 3.63) is 53.9 Å². The molecule has 108 valence electrons. The predicted molar refractivity (Wildman–Crippen MR) is 80.2 cm³/mol. The lowest BCUT2D eigenvalue weighted by molar-refractivity contribution is 0.350. The van der Waals surface area contributed by atoms with Crippen LogP contribution >= 0.6 is 0 Å². The van der Waals surface area contributed by atoms with Crippen LogP contribution in [0.2, 0.25) is 0 Å². The Labute approximate surface area is 123 Å². The molecular formula is C15H14N2O3S. The quantitative estimate of drug-likeness (QED) is 0.843. The SMILES string of the molecule is Cc1ccncc1NS(=O)(=O)c1ccccc1C#CCO. The summed E-state index contributed by atoms with van der Waals surface area (Å²) in [6, 6.07) is 8.09. The second-order valence-corrected chi connectivity index (χ2v) is 5.90. The minimum Gasteiger partial charge on any atom is -0.384 e. The van der Waals surface area contributed by atoms with E-state index in [4.69, 9.17) is 5.11 Å². The Balaban J connectivity index is 2.43. The van der Waals surface area contributed by atoms with Crippen LogP contribution in [0.25, 0.3) is 0 Å². The van der Waals surface area contributed by atoms with Crippen molar-refractivity contribution >= 4 is 15.7 Å². The van der Waals surface area contributed by atoms with Crippen LogP contribution in [0, 0.1) is 18.8 Å². The number of pyridine rings is 1. The van der Waals surface area contributed by atoms with Crippen molar-refractivity contribution in [3.8, 4) is 11.8 Å². The van der Waals surface area contributed by atoms with Gasteiger partial charge in [-0.05, 0) is 30.7 Å². The third-order valence-corrected chi connectivity index (χ3v) is 4.19. The number of aromatic nitrogens is 1. The number of nitrogens with zero attached hydrogens (tertiary/aromatic N) is 1. The van der Waals surface area contributed by atoms with Crippen LogP contribution in [0.15, 0.2) is 47.6 Å². The van der Waals surface area contributed by atoms with Crippen molar-refractivity contribution in [2.24, 2.45) is 0 Å². The minimum atomic E-state index is -3.77. The first-order chi connectivity index (χ1) is 10.0. The standard InChI is InChI=1S/C15H14N2O3S/c1-12-8-9-16-11-14(12)17-21(19,20)15-7-3-2-5-13(15)6-4-10-18/h2-3,5,7-9,11,17-18H,10H2,1H3. The van der Waals surface area contributed by atoms with E-state index >= 15 is 0 Å². The van der Waals surface area contributed by atoms with E-state index in [0.29, 0.717) is 11.3 Å². The Kier molecular flexibility index (Phi) is 4.58. The van der Waals surface area contributed by atoms with E-state index in [1.807, 2.05) is 0 Å². The molecule has 5 nitrogen and oxygen atoms in total. The molecule has 0 unspecified atom stereocenters. The molecule has 1 aromatic carbocycles. The zero-order chi connectivity index (χ0) is 15.3. The number of rotatable bonds is 3. The zero-order valence-corrected chi connectivity index (χ0v) is 12.2. The molecule has 2 aromatic rings. The zero-order valence-electron chi connectivity index (χ0n) is 11.4. The molecule has 0 aliphatic carbocycles. The topological polar surface area (TPSA) is 79.3 Å². The molecule has 21 heavy (non-hydrogen) atoms. The van der Waals surface area contributed by atoms with Gasteiger partial charge in [0.15, 0.2) is 0 Å². The molecule has 0 aliphatic heterocycles. The smallest absolute Gasteiger partial charge is 0.263 e. The molecule has 0 saturated carbocycles. The highest BCUT2D eigenvalue weighted by Crippen LogP contribution is 2.20. The first-order valence-electron chi connectivity index (χ1n) is 6.17. The molecule has 0 spiro atoms. The van der Waals surface area contributed by atoms with Gasteiger partial charge in [-0.3, -0.25) is 9.71 Å². The summed E-state index contributed by atoms with van der Waals surface area (Å²) in [6.45, 7) is 1.46. The van der Waals surface area contributed by atoms with Crippen LogP contribution in [0.5, 0.6) is 0 Å². The molecule has 0 atom stereocenters. The molecule has 6 heteroatoms. The number of nitrogens with one attached hydrogen (secondary N) is 1. The third-order valence-electron chi connectivity index (χ3n) is 2.76. The van der Waals surface area contributed by atoms with Crippen LogP contribution in [0.3, 0.4) is 0 Å². The van der Waals surface area contributed by atoms with Gasteiger partial charge in [0, 0.05) is 11.8 Å². The molecule has 1 heterocycles. The van der Waals surface area contributed by atoms with Crippen LogP contribution in [0.4, 0.5) is 5.69 Å². The number of sulfonamides is 1. The second kappa shape index (κ2) is 6.39. The molecule has 0 aliphatic rings. The Morgan fingerprint density at radius 1 is 1.29 bits per heavy atom. The number of benzene rings is 1. The summed E-state index contributed by atoms with van der Waals surface area (Å²) in [5.74, 6) is 5.09. The average Bonchev–Trinajstić information content (AvgIpc) is 2.47. The second-order valence-electron chi connectivity index (χ2n) is 4.25. The monoisotopic (exact) mass is 302 g/mol. The summed E-state index contributed by atoms with van der Waals surface area (Å²) in [4.78, 5) is 3.97. The number of aliphatic hydroxyl groups excluding tert-OH is 1. The Morgan fingerprint density at radius 2 is 2.05 bits per heavy atom. The van der Waals surface area contributed by atoms with Crippen molar-refractivity contribution in [1.82, 2.24) is 4.98 Å². The van der Waals surface area contributed by atoms with Gasteiger partial charge < -0.3 is 5.11 Å². The van der Waals surface area contributed by atoms with Crippen LogP contribution in [-0.2, 0) is 10.0 Å². The Hall–Kier alpha value is -2.36. The molecule has 0 amide bonds. The molecule has 2 N–H and O–H groups in total. The maximum absolute atomic E-state index is 12.5. The first kappa shape index (κ1) is 15.0. The molecule has 0 fully saturated rings. The van der Waals surface area contributed by atoms with Crippen molar-refractivity contribution in [2.75, 3.05) is 11.3 Å². The van der Waals surface area contributed by atoms with E-state index in [0.717, 1.165) is 5.56 Å². The third kappa shape index (κ3) is 3.60. The highest BCUT2D eigenvalue weighted by atomic mass is 32.2. The fourth-order valence-corrected chi connectivity index (χ4v) is 2.99. The van der Waals surface area contributed by atoms with E-state index in [1.165, 1.54) is 12.3 Å². The van der Waals surface area contributed by atoms with Crippen molar-refractivity contribution in [1.29, 1.82) is 0 Å². The minimum absolute atomic E-state index is 0.0641. The lowest BCUT2D eigenvalue weighted by atomic mass is 10.2. The number of aryl methyl sites for hydroxylation is 1. The molecule has 0 radical (unpaired) electrons. The number of anilines is 1. The molecule has 0 saturated heterocycles. The maximum Gasteiger partial charge on any atom is 0.263 e. The van der Waals surface area contributed by atoms with E-state index in [1.54, 1.807) is 37.4 Å². The van der Waals surface area contributed by atoms with E-state index in [2.05, 4.69) is 21.5 Å². The summed E-state index contributed by atoms with van der Waals surface area (Å²) in [7, 11) is -3.77. The largest absolute Gasteiger partial charge is 0.384 e. The van der Waals surface area contributed by atoms with Crippen molar-refractivity contribution in [3.63, 3.8) is 0 Å². The van der Waals surface area contributed by atoms with Crippen LogP contribution < -0.4 is 4.72 Å². The van der Waals surface area contributed by atoms with E-state index in [-0.39, 0.29) is 11.5 Å². The van der Waals surface area contributed by atoms with E-state index < -0.39 is 10.0 Å². The van der Waals surface area contributed by atoms with Crippen molar-refractivity contribution < 1.29 is 13.5 Å². The van der Waals surface area contributed by atoms with Gasteiger partial charge in [-0.15, -0.1) is 0 Å². The Morgan fingerprint density at radius 3 is 2.76 bits per heavy atom. The van der Waals surface area contributed by atoms with Gasteiger partial charge in [-0.2, -0.15) is 0 Å². The lowest BCUT2D eigenvalue weighted by Gasteiger charge is -2.11. The fourth-order valence-electron chi connectivity index (χ4n) is 1.71. The molecule has 2 rings (SSSR count). The van der Waals surface area contributed by atoms with Gasteiger partial charge in [0.25, 0.3) is 10.0 Å². The number of hydrogen-bond donors (Lipinski definition) is 2. The predicted octanol–water partition coefficient (Wildman–Crippen LogP) is 1.53. The molecular weight excluding hydrogens is 288 g/mol. The summed E-state index contributed by atoms with van der Waals surface area (Å²) < 4.78 is 27.4. The number of aliphatic hydroxyl groups is 1. The lowest BCUT2D eigenvalue weighted by Crippen LogP contribution is -2.15. The van der Waals surface area contributed by atoms with Gasteiger partial charge in [0.2, 0.25) is 0 Å². The normalized spacial score (nSPS) is 10.6. The summed E-state index contributed by atoms with van der Waals surface area (Å²) in [6.07, 6.45) is 3.04. The van der Waals surface area contributed by atoms with Gasteiger partial charge in [0.05, 0.1) is 11.9 Å². The number of hydrogen-bond acceptors (Lipinski definition) is 4. The average molecular weight is 302 g/mol. The highest BCUT2D eigenvalue weighted by molar-refractivity contribution is 7.92. The first-order valence-corrected chi connectivity index (χ1v) is 7.65. The van der Waals surface area contributed by atoms with Crippen LogP contribution in [0.1, 0.15) is 11.1 Å². The fraction of sp³-hybridized carbons (Fsp3) is 0.133. The molecule has 0 bridgehead atoms. The van der Waals surface area contributed by atoms with Gasteiger partial charge in [-0.1, -0.05) is 24.0 Å². The highest BCUT2D eigenvalue weighted by Gasteiger charge is 2.18. The summed E-state index contributed by atoms with van der Waals surface area (Å²) in [5.41, 5.74) is 1.52. The summed E-state index contributed by atoms with van der Waals surface area (Å²) >= 11 is 0. The maximum atomic E-state index is 12.5. The molecule has 1 aromatic heterocycles. The summed E-state index contributed by atoms with van der Waals surface area (Å²) in [5, 5.41) is 8.75. The van der Waals surface area contributed by atoms with Gasteiger partial charge in [0.1, 0.15) is 11.5 Å². The van der Waals surface area contributed by atoms with Crippen LogP contribution in [-0.4, -0.2) is 25.1 Å². The Bertz CT molecular complexity index is 805. The van der Waals surface area contributed by atoms with Gasteiger partial charge >= 0.3 is 0 Å².